The molecule has 1 atom stereocenters. The zero-order valence-electron chi connectivity index (χ0n) is 14.2. The largest absolute Gasteiger partial charge is 0.416 e. The van der Waals surface area contributed by atoms with Gasteiger partial charge in [0.2, 0.25) is 0 Å². The Hall–Kier alpha value is -1.70. The maximum absolute atomic E-state index is 14.0. The fourth-order valence-electron chi connectivity index (χ4n) is 2.40. The molecule has 0 saturated heterocycles. The lowest BCUT2D eigenvalue weighted by molar-refractivity contribution is -0.137. The summed E-state index contributed by atoms with van der Waals surface area (Å²) >= 11 is 5.97. The summed E-state index contributed by atoms with van der Waals surface area (Å²) < 4.78 is 52.2. The summed E-state index contributed by atoms with van der Waals surface area (Å²) in [6.45, 7) is 3.79. The van der Waals surface area contributed by atoms with Crippen LogP contribution < -0.4 is 5.32 Å². The van der Waals surface area contributed by atoms with Crippen LogP contribution in [0.4, 0.5) is 17.6 Å². The number of halogens is 5. The van der Waals surface area contributed by atoms with Crippen molar-refractivity contribution in [3.8, 4) is 11.3 Å². The molecule has 0 aliphatic heterocycles. The Bertz CT molecular complexity index is 765. The summed E-state index contributed by atoms with van der Waals surface area (Å²) in [5.74, 6) is -0.416. The van der Waals surface area contributed by atoms with Crippen molar-refractivity contribution in [2.75, 3.05) is 6.61 Å². The molecule has 2 rings (SSSR count). The molecule has 2 aromatic rings. The van der Waals surface area contributed by atoms with E-state index < -0.39 is 17.6 Å². The summed E-state index contributed by atoms with van der Waals surface area (Å²) in [5.41, 5.74) is -0.217. The Morgan fingerprint density at radius 3 is 2.42 bits per heavy atom. The number of hydrogen-bond acceptors (Lipinski definition) is 3. The van der Waals surface area contributed by atoms with Crippen LogP contribution in [0.5, 0.6) is 0 Å². The molecular weight excluding hydrogens is 372 g/mol. The molecule has 1 heterocycles. The predicted octanol–water partition coefficient (Wildman–Crippen LogP) is 4.67. The van der Waals surface area contributed by atoms with Crippen molar-refractivity contribution < 1.29 is 22.7 Å². The lowest BCUT2D eigenvalue weighted by Gasteiger charge is -2.20. The highest BCUT2D eigenvalue weighted by Crippen LogP contribution is 2.35. The number of aromatic nitrogens is 1. The smallest absolute Gasteiger partial charge is 0.395 e. The van der Waals surface area contributed by atoms with Crippen LogP contribution in [0.15, 0.2) is 30.3 Å². The Morgan fingerprint density at radius 2 is 1.88 bits per heavy atom. The van der Waals surface area contributed by atoms with Crippen molar-refractivity contribution in [2.24, 2.45) is 5.92 Å². The molecule has 0 fully saturated rings. The third-order valence-electron chi connectivity index (χ3n) is 4.02. The molecule has 0 aliphatic rings. The van der Waals surface area contributed by atoms with Gasteiger partial charge in [0.15, 0.2) is 0 Å². The van der Waals surface area contributed by atoms with Gasteiger partial charge in [0.05, 0.1) is 28.6 Å². The molecule has 0 spiro atoms. The predicted molar refractivity (Wildman–Crippen MR) is 92.2 cm³/mol. The number of hydrogen-bond donors (Lipinski definition) is 2. The van der Waals surface area contributed by atoms with Crippen LogP contribution in [0.3, 0.4) is 0 Å². The van der Waals surface area contributed by atoms with Crippen molar-refractivity contribution in [3.63, 3.8) is 0 Å². The Morgan fingerprint density at radius 1 is 1.19 bits per heavy atom. The first kappa shape index (κ1) is 20.6. The van der Waals surface area contributed by atoms with Crippen molar-refractivity contribution in [3.05, 3.63) is 52.4 Å². The first-order valence-corrected chi connectivity index (χ1v) is 8.38. The fraction of sp³-hybridized carbons (Fsp3) is 0.389. The van der Waals surface area contributed by atoms with Crippen LogP contribution in [0, 0.1) is 11.7 Å². The molecule has 1 aromatic heterocycles. The standard InChI is InChI=1S/C18H19ClF4N2O/c1-10(2)17(9-26)24-8-16-14(20)5-6-15(25-16)12-4-3-11(7-13(12)19)18(21,22)23/h3-7,10,17,24,26H,8-9H2,1-2H3/t17-/m0/s1. The Balaban J connectivity index is 2.29. The van der Waals surface area contributed by atoms with E-state index in [1.165, 1.54) is 18.2 Å². The van der Waals surface area contributed by atoms with Gasteiger partial charge in [-0.1, -0.05) is 31.5 Å². The lowest BCUT2D eigenvalue weighted by Crippen LogP contribution is -2.36. The second kappa shape index (κ2) is 8.33. The highest BCUT2D eigenvalue weighted by atomic mass is 35.5. The zero-order chi connectivity index (χ0) is 19.5. The zero-order valence-corrected chi connectivity index (χ0v) is 15.0. The van der Waals surface area contributed by atoms with Crippen molar-refractivity contribution in [2.45, 2.75) is 32.6 Å². The van der Waals surface area contributed by atoms with E-state index in [1.807, 2.05) is 13.8 Å². The summed E-state index contributed by atoms with van der Waals surface area (Å²) in [7, 11) is 0. The van der Waals surface area contributed by atoms with Crippen LogP contribution in [0.2, 0.25) is 5.02 Å². The van der Waals surface area contributed by atoms with Crippen LogP contribution in [0.25, 0.3) is 11.3 Å². The van der Waals surface area contributed by atoms with E-state index in [9.17, 15) is 22.7 Å². The van der Waals surface area contributed by atoms with Gasteiger partial charge in [0, 0.05) is 18.2 Å². The topological polar surface area (TPSA) is 45.1 Å². The van der Waals surface area contributed by atoms with Crippen molar-refractivity contribution in [1.82, 2.24) is 10.3 Å². The van der Waals surface area contributed by atoms with E-state index in [2.05, 4.69) is 10.3 Å². The molecule has 0 bridgehead atoms. The third-order valence-corrected chi connectivity index (χ3v) is 4.34. The average molecular weight is 391 g/mol. The highest BCUT2D eigenvalue weighted by Gasteiger charge is 2.31. The van der Waals surface area contributed by atoms with Gasteiger partial charge in [0.25, 0.3) is 0 Å². The minimum atomic E-state index is -4.50. The summed E-state index contributed by atoms with van der Waals surface area (Å²) in [5, 5.41) is 12.2. The van der Waals surface area contributed by atoms with Crippen molar-refractivity contribution >= 4 is 11.6 Å². The van der Waals surface area contributed by atoms with E-state index in [1.54, 1.807) is 0 Å². The number of nitrogens with zero attached hydrogens (tertiary/aromatic N) is 1. The molecule has 142 valence electrons. The maximum Gasteiger partial charge on any atom is 0.416 e. The van der Waals surface area contributed by atoms with Gasteiger partial charge in [-0.2, -0.15) is 13.2 Å². The molecule has 0 saturated carbocycles. The summed E-state index contributed by atoms with van der Waals surface area (Å²) in [6.07, 6.45) is -4.50. The Kier molecular flexibility index (Phi) is 6.60. The summed E-state index contributed by atoms with van der Waals surface area (Å²) in [6, 6.07) is 5.27. The molecule has 1 aromatic carbocycles. The SMILES string of the molecule is CC(C)[C@H](CO)NCc1nc(-c2ccc(C(F)(F)F)cc2Cl)ccc1F. The van der Waals surface area contributed by atoms with E-state index in [4.69, 9.17) is 11.6 Å². The molecule has 0 amide bonds. The second-order valence-electron chi connectivity index (χ2n) is 6.23. The first-order valence-electron chi connectivity index (χ1n) is 8.00. The number of rotatable bonds is 6. The third kappa shape index (κ3) is 4.93. The minimum absolute atomic E-state index is 0.0708. The quantitative estimate of drug-likeness (QED) is 0.705. The molecule has 0 unspecified atom stereocenters. The van der Waals surface area contributed by atoms with Crippen LogP contribution in [-0.2, 0) is 12.7 Å². The molecule has 8 heteroatoms. The fourth-order valence-corrected chi connectivity index (χ4v) is 2.67. The van der Waals surface area contributed by atoms with Gasteiger partial charge in [-0.05, 0) is 30.2 Å². The van der Waals surface area contributed by atoms with Gasteiger partial charge in [-0.3, -0.25) is 0 Å². The number of alkyl halides is 3. The Labute approximate surface area is 154 Å². The monoisotopic (exact) mass is 390 g/mol. The number of aliphatic hydroxyl groups excluding tert-OH is 1. The average Bonchev–Trinajstić information content (AvgIpc) is 2.56. The second-order valence-corrected chi connectivity index (χ2v) is 6.64. The number of nitrogens with one attached hydrogen (secondary N) is 1. The first-order chi connectivity index (χ1) is 12.1. The van der Waals surface area contributed by atoms with Gasteiger partial charge >= 0.3 is 6.18 Å². The van der Waals surface area contributed by atoms with Crippen LogP contribution >= 0.6 is 11.6 Å². The highest BCUT2D eigenvalue weighted by molar-refractivity contribution is 6.33. The van der Waals surface area contributed by atoms with Gasteiger partial charge in [-0.25, -0.2) is 9.37 Å². The minimum Gasteiger partial charge on any atom is -0.395 e. The molecule has 0 aliphatic carbocycles. The van der Waals surface area contributed by atoms with Crippen LogP contribution in [0.1, 0.15) is 25.1 Å². The maximum atomic E-state index is 14.0. The number of benzene rings is 1. The van der Waals surface area contributed by atoms with E-state index in [0.717, 1.165) is 12.1 Å². The molecule has 3 nitrogen and oxygen atoms in total. The van der Waals surface area contributed by atoms with Gasteiger partial charge in [0.1, 0.15) is 5.82 Å². The normalized spacial score (nSPS) is 13.3. The van der Waals surface area contributed by atoms with E-state index in [0.29, 0.717) is 0 Å². The lowest BCUT2D eigenvalue weighted by atomic mass is 10.1. The molecule has 2 N–H and O–H groups in total. The number of pyridine rings is 1. The van der Waals surface area contributed by atoms with Crippen molar-refractivity contribution in [1.29, 1.82) is 0 Å². The van der Waals surface area contributed by atoms with Gasteiger partial charge in [-0.15, -0.1) is 0 Å². The molecular formula is C18H19ClF4N2O. The molecule has 0 radical (unpaired) electrons. The van der Waals surface area contributed by atoms with E-state index >= 15 is 0 Å². The van der Waals surface area contributed by atoms with E-state index in [-0.39, 0.29) is 47.1 Å². The summed E-state index contributed by atoms with van der Waals surface area (Å²) in [4.78, 5) is 4.18. The van der Waals surface area contributed by atoms with Crippen LogP contribution in [-0.4, -0.2) is 22.7 Å². The van der Waals surface area contributed by atoms with Gasteiger partial charge < -0.3 is 10.4 Å². The number of aliphatic hydroxyl groups is 1. The molecule has 26 heavy (non-hydrogen) atoms.